The lowest BCUT2D eigenvalue weighted by Gasteiger charge is -2.23. The normalized spacial score (nSPS) is 11.8. The van der Waals surface area contributed by atoms with E-state index in [1.165, 1.54) is 7.11 Å². The number of carboxylic acids is 1. The molecule has 1 aromatic rings. The number of benzene rings is 1. The zero-order valence-corrected chi connectivity index (χ0v) is 11.1. The van der Waals surface area contributed by atoms with Gasteiger partial charge in [0.1, 0.15) is 5.75 Å². The average molecular weight is 265 g/mol. The molecule has 2 N–H and O–H groups in total. The largest absolute Gasteiger partial charge is 0.548 e. The Morgan fingerprint density at radius 1 is 1.32 bits per heavy atom. The van der Waals surface area contributed by atoms with Crippen LogP contribution in [0.15, 0.2) is 24.3 Å². The molecule has 6 nitrogen and oxygen atoms in total. The number of carboxylic acid groups (broad SMARTS) is 1. The van der Waals surface area contributed by atoms with Gasteiger partial charge in [0, 0.05) is 11.8 Å². The number of hydrogen-bond acceptors (Lipinski definition) is 4. The van der Waals surface area contributed by atoms with Crippen LogP contribution in [0.3, 0.4) is 0 Å². The minimum atomic E-state index is -1.31. The van der Waals surface area contributed by atoms with E-state index < -0.39 is 18.0 Å². The lowest BCUT2D eigenvalue weighted by Crippen LogP contribution is -2.51. The molecule has 104 valence electrons. The SMILES string of the molecule is COc1cccc(NC(=O)N[C@H](C(=O)[O-])C(C)C)c1. The Balaban J connectivity index is 2.66. The molecule has 19 heavy (non-hydrogen) atoms. The van der Waals surface area contributed by atoms with Crippen molar-refractivity contribution >= 4 is 17.7 Å². The third-order valence-corrected chi connectivity index (χ3v) is 2.53. The van der Waals surface area contributed by atoms with Crippen LogP contribution in [0.4, 0.5) is 10.5 Å². The van der Waals surface area contributed by atoms with E-state index >= 15 is 0 Å². The van der Waals surface area contributed by atoms with Crippen LogP contribution < -0.4 is 20.5 Å². The number of anilines is 1. The number of ether oxygens (including phenoxy) is 1. The van der Waals surface area contributed by atoms with Crippen molar-refractivity contribution in [3.05, 3.63) is 24.3 Å². The molecule has 0 fully saturated rings. The highest BCUT2D eigenvalue weighted by molar-refractivity contribution is 5.92. The summed E-state index contributed by atoms with van der Waals surface area (Å²) in [6, 6.07) is 5.12. The van der Waals surface area contributed by atoms with Gasteiger partial charge in [-0.25, -0.2) is 4.79 Å². The van der Waals surface area contributed by atoms with Crippen LogP contribution in [-0.4, -0.2) is 25.2 Å². The van der Waals surface area contributed by atoms with Crippen molar-refractivity contribution in [2.24, 2.45) is 5.92 Å². The molecule has 1 rings (SSSR count). The maximum atomic E-state index is 11.7. The van der Waals surface area contributed by atoms with Crippen molar-refractivity contribution in [2.45, 2.75) is 19.9 Å². The Kier molecular flexibility index (Phi) is 5.17. The summed E-state index contributed by atoms with van der Waals surface area (Å²) in [7, 11) is 1.52. The molecule has 0 radical (unpaired) electrons. The second kappa shape index (κ2) is 6.63. The lowest BCUT2D eigenvalue weighted by atomic mass is 10.1. The summed E-state index contributed by atoms with van der Waals surface area (Å²) >= 11 is 0. The molecule has 0 unspecified atom stereocenters. The molecule has 2 amide bonds. The standard InChI is InChI=1S/C13H18N2O4/c1-8(2)11(12(16)17)15-13(18)14-9-5-4-6-10(7-9)19-3/h4-8,11H,1-3H3,(H,16,17)(H2,14,15,18)/p-1/t11-/m0/s1. The van der Waals surface area contributed by atoms with Gasteiger partial charge in [0.15, 0.2) is 0 Å². The van der Waals surface area contributed by atoms with Gasteiger partial charge in [-0.05, 0) is 18.1 Å². The highest BCUT2D eigenvalue weighted by Crippen LogP contribution is 2.16. The summed E-state index contributed by atoms with van der Waals surface area (Å²) in [5.74, 6) is -0.977. The number of carbonyl (C=O) groups excluding carboxylic acids is 2. The Morgan fingerprint density at radius 2 is 2.00 bits per heavy atom. The fourth-order valence-electron chi connectivity index (χ4n) is 1.51. The molecule has 0 aliphatic carbocycles. The van der Waals surface area contributed by atoms with Crippen LogP contribution in [0.2, 0.25) is 0 Å². The third-order valence-electron chi connectivity index (χ3n) is 2.53. The molecule has 0 aliphatic rings. The molecule has 0 saturated heterocycles. The highest BCUT2D eigenvalue weighted by atomic mass is 16.5. The first-order chi connectivity index (χ1) is 8.93. The van der Waals surface area contributed by atoms with Crippen LogP contribution in [0.5, 0.6) is 5.75 Å². The van der Waals surface area contributed by atoms with E-state index in [0.29, 0.717) is 11.4 Å². The smallest absolute Gasteiger partial charge is 0.319 e. The van der Waals surface area contributed by atoms with Crippen molar-refractivity contribution < 1.29 is 19.4 Å². The summed E-state index contributed by atoms with van der Waals surface area (Å²) in [4.78, 5) is 22.5. The minimum Gasteiger partial charge on any atom is -0.548 e. The van der Waals surface area contributed by atoms with Crippen LogP contribution in [0, 0.1) is 5.92 Å². The van der Waals surface area contributed by atoms with E-state index in [0.717, 1.165) is 0 Å². The molecule has 0 aliphatic heterocycles. The number of hydrogen-bond donors (Lipinski definition) is 2. The van der Waals surface area contributed by atoms with Gasteiger partial charge in [-0.2, -0.15) is 0 Å². The zero-order valence-electron chi connectivity index (χ0n) is 11.1. The zero-order chi connectivity index (χ0) is 14.4. The Bertz CT molecular complexity index is 460. The Hall–Kier alpha value is -2.24. The van der Waals surface area contributed by atoms with Gasteiger partial charge in [-0.3, -0.25) is 0 Å². The molecular weight excluding hydrogens is 248 g/mol. The van der Waals surface area contributed by atoms with Gasteiger partial charge < -0.3 is 25.3 Å². The van der Waals surface area contributed by atoms with Gasteiger partial charge in [-0.15, -0.1) is 0 Å². The summed E-state index contributed by atoms with van der Waals surface area (Å²) in [6.45, 7) is 3.37. The van der Waals surface area contributed by atoms with E-state index in [-0.39, 0.29) is 5.92 Å². The molecule has 1 atom stereocenters. The second-order valence-electron chi connectivity index (χ2n) is 4.37. The molecule has 0 heterocycles. The Labute approximate surface area is 111 Å². The molecular formula is C13H17N2O4-. The molecule has 0 aromatic heterocycles. The van der Waals surface area contributed by atoms with E-state index in [1.807, 2.05) is 0 Å². The number of nitrogens with one attached hydrogen (secondary N) is 2. The van der Waals surface area contributed by atoms with Crippen molar-refractivity contribution in [1.82, 2.24) is 5.32 Å². The topological polar surface area (TPSA) is 90.5 Å². The fraction of sp³-hybridized carbons (Fsp3) is 0.385. The van der Waals surface area contributed by atoms with Crippen molar-refractivity contribution in [3.8, 4) is 5.75 Å². The quantitative estimate of drug-likeness (QED) is 0.815. The molecule has 1 aromatic carbocycles. The van der Waals surface area contributed by atoms with Crippen molar-refractivity contribution in [2.75, 3.05) is 12.4 Å². The molecule has 0 saturated carbocycles. The van der Waals surface area contributed by atoms with Gasteiger partial charge in [0.2, 0.25) is 0 Å². The predicted molar refractivity (Wildman–Crippen MR) is 68.8 cm³/mol. The van der Waals surface area contributed by atoms with E-state index in [4.69, 9.17) is 4.74 Å². The van der Waals surface area contributed by atoms with Crippen LogP contribution in [0.1, 0.15) is 13.8 Å². The van der Waals surface area contributed by atoms with Crippen LogP contribution in [0.25, 0.3) is 0 Å². The van der Waals surface area contributed by atoms with Gasteiger partial charge >= 0.3 is 6.03 Å². The first kappa shape index (κ1) is 14.8. The average Bonchev–Trinajstić information content (AvgIpc) is 2.35. The van der Waals surface area contributed by atoms with Gasteiger partial charge in [0.25, 0.3) is 0 Å². The third kappa shape index (κ3) is 4.50. The first-order valence-electron chi connectivity index (χ1n) is 5.86. The number of urea groups is 1. The number of rotatable bonds is 5. The van der Waals surface area contributed by atoms with Gasteiger partial charge in [-0.1, -0.05) is 19.9 Å². The van der Waals surface area contributed by atoms with Gasteiger partial charge in [0.05, 0.1) is 19.1 Å². The second-order valence-corrected chi connectivity index (χ2v) is 4.37. The minimum absolute atomic E-state index is 0.263. The lowest BCUT2D eigenvalue weighted by molar-refractivity contribution is -0.309. The summed E-state index contributed by atoms with van der Waals surface area (Å²) in [5.41, 5.74) is 0.512. The van der Waals surface area contributed by atoms with Crippen LogP contribution >= 0.6 is 0 Å². The summed E-state index contributed by atoms with van der Waals surface area (Å²) < 4.78 is 5.02. The maximum Gasteiger partial charge on any atom is 0.319 e. The van der Waals surface area contributed by atoms with E-state index in [1.54, 1.807) is 38.1 Å². The molecule has 0 bridgehead atoms. The van der Waals surface area contributed by atoms with Crippen molar-refractivity contribution in [3.63, 3.8) is 0 Å². The summed E-state index contributed by atoms with van der Waals surface area (Å²) in [5, 5.41) is 15.7. The number of carbonyl (C=O) groups is 2. The number of aliphatic carboxylic acids is 1. The monoisotopic (exact) mass is 265 g/mol. The van der Waals surface area contributed by atoms with Crippen LogP contribution in [-0.2, 0) is 4.79 Å². The highest BCUT2D eigenvalue weighted by Gasteiger charge is 2.17. The summed E-state index contributed by atoms with van der Waals surface area (Å²) in [6.07, 6.45) is 0. The van der Waals surface area contributed by atoms with E-state index in [9.17, 15) is 14.7 Å². The predicted octanol–water partition coefficient (Wildman–Crippen LogP) is 0.591. The first-order valence-corrected chi connectivity index (χ1v) is 5.86. The molecule has 0 spiro atoms. The van der Waals surface area contributed by atoms with Crippen molar-refractivity contribution in [1.29, 1.82) is 0 Å². The van der Waals surface area contributed by atoms with E-state index in [2.05, 4.69) is 10.6 Å². The number of amides is 2. The Morgan fingerprint density at radius 3 is 2.53 bits per heavy atom. The number of methoxy groups -OCH3 is 1. The maximum absolute atomic E-state index is 11.7. The molecule has 6 heteroatoms. The fourth-order valence-corrected chi connectivity index (χ4v) is 1.51.